The minimum Gasteiger partial charge on any atom is -0.456 e. The second kappa shape index (κ2) is 7.25. The van der Waals surface area contributed by atoms with Crippen LogP contribution in [0.5, 0.6) is 0 Å². The van der Waals surface area contributed by atoms with E-state index in [1.54, 1.807) is 4.90 Å². The van der Waals surface area contributed by atoms with E-state index < -0.39 is 0 Å². The quantitative estimate of drug-likeness (QED) is 0.513. The second-order valence-corrected chi connectivity index (χ2v) is 4.21. The molecule has 0 atom stereocenters. The largest absolute Gasteiger partial charge is 0.456 e. The fraction of sp³-hybridized carbons (Fsp3) is 0.833. The van der Waals surface area contributed by atoms with Crippen molar-refractivity contribution >= 4 is 11.9 Å². The fourth-order valence-electron chi connectivity index (χ4n) is 1.79. The van der Waals surface area contributed by atoms with Crippen LogP contribution in [0, 0.1) is 0 Å². The second-order valence-electron chi connectivity index (χ2n) is 4.21. The summed E-state index contributed by atoms with van der Waals surface area (Å²) in [5, 5.41) is 0. The van der Waals surface area contributed by atoms with E-state index in [0.717, 1.165) is 45.2 Å². The van der Waals surface area contributed by atoms with Crippen LogP contribution in [0.4, 0.5) is 0 Å². The van der Waals surface area contributed by atoms with E-state index in [1.807, 2.05) is 0 Å². The van der Waals surface area contributed by atoms with Crippen molar-refractivity contribution in [3.05, 3.63) is 0 Å². The number of carbonyl (C=O) groups is 2. The number of esters is 1. The molecule has 1 aliphatic heterocycles. The summed E-state index contributed by atoms with van der Waals surface area (Å²) in [6.07, 6.45) is 5.54. The summed E-state index contributed by atoms with van der Waals surface area (Å²) in [6.45, 7) is 3.63. The lowest BCUT2D eigenvalue weighted by Gasteiger charge is -2.14. The molecule has 1 aliphatic rings. The number of nitrogens with zero attached hydrogens (tertiary/aromatic N) is 1. The van der Waals surface area contributed by atoms with Crippen molar-refractivity contribution < 1.29 is 14.3 Å². The number of hydrogen-bond donors (Lipinski definition) is 0. The third kappa shape index (κ3) is 4.64. The van der Waals surface area contributed by atoms with Gasteiger partial charge in [0.25, 0.3) is 5.91 Å². The molecule has 0 bridgehead atoms. The van der Waals surface area contributed by atoms with E-state index in [1.165, 1.54) is 0 Å². The molecule has 1 saturated heterocycles. The highest BCUT2D eigenvalue weighted by atomic mass is 16.5. The zero-order chi connectivity index (χ0) is 11.8. The first-order valence-corrected chi connectivity index (χ1v) is 6.17. The summed E-state index contributed by atoms with van der Waals surface area (Å²) < 4.78 is 4.93. The molecule has 0 radical (unpaired) electrons. The molecule has 0 aromatic rings. The molecule has 4 nitrogen and oxygen atoms in total. The fourth-order valence-corrected chi connectivity index (χ4v) is 1.79. The number of unbranched alkanes of at least 4 members (excludes halogenated alkanes) is 2. The minimum absolute atomic E-state index is 0.0543. The molecule has 0 spiro atoms. The molecular formula is C12H21NO3. The first-order valence-electron chi connectivity index (χ1n) is 6.17. The molecule has 1 amide bonds. The van der Waals surface area contributed by atoms with Gasteiger partial charge >= 0.3 is 5.97 Å². The molecule has 1 fully saturated rings. The standard InChI is InChI=1S/C12H21NO3/c1-2-3-4-7-12(15)16-10-11(14)13-8-5-6-9-13/h2-10H2,1H3. The van der Waals surface area contributed by atoms with Gasteiger partial charge in [-0.05, 0) is 19.3 Å². The molecule has 0 saturated carbocycles. The maximum Gasteiger partial charge on any atom is 0.306 e. The molecule has 0 aromatic carbocycles. The summed E-state index contributed by atoms with van der Waals surface area (Å²) in [6, 6.07) is 0. The SMILES string of the molecule is CCCCCC(=O)OCC(=O)N1CCCC1. The minimum atomic E-state index is -0.249. The van der Waals surface area contributed by atoms with Crippen molar-refractivity contribution in [3.63, 3.8) is 0 Å². The van der Waals surface area contributed by atoms with Crippen LogP contribution in [0.3, 0.4) is 0 Å². The maximum absolute atomic E-state index is 11.5. The monoisotopic (exact) mass is 227 g/mol. The van der Waals surface area contributed by atoms with Gasteiger partial charge in [-0.25, -0.2) is 0 Å². The Labute approximate surface area is 96.9 Å². The zero-order valence-electron chi connectivity index (χ0n) is 10.0. The molecule has 16 heavy (non-hydrogen) atoms. The average molecular weight is 227 g/mol. The predicted octanol–water partition coefficient (Wildman–Crippen LogP) is 1.73. The summed E-state index contributed by atoms with van der Waals surface area (Å²) in [7, 11) is 0. The van der Waals surface area contributed by atoms with Crippen molar-refractivity contribution in [2.45, 2.75) is 45.4 Å². The third-order valence-corrected chi connectivity index (χ3v) is 2.80. The Bertz CT molecular complexity index is 234. The molecule has 92 valence electrons. The Kier molecular flexibility index (Phi) is 5.90. The molecule has 0 N–H and O–H groups in total. The van der Waals surface area contributed by atoms with Gasteiger partial charge in [-0.3, -0.25) is 9.59 Å². The van der Waals surface area contributed by atoms with Crippen molar-refractivity contribution in [2.75, 3.05) is 19.7 Å². The third-order valence-electron chi connectivity index (χ3n) is 2.80. The van der Waals surface area contributed by atoms with Gasteiger partial charge in [0, 0.05) is 19.5 Å². The van der Waals surface area contributed by atoms with E-state index in [-0.39, 0.29) is 18.5 Å². The Morgan fingerprint density at radius 2 is 1.88 bits per heavy atom. The smallest absolute Gasteiger partial charge is 0.306 e. The zero-order valence-corrected chi connectivity index (χ0v) is 10.0. The predicted molar refractivity (Wildman–Crippen MR) is 60.9 cm³/mol. The summed E-state index contributed by atoms with van der Waals surface area (Å²) in [5.74, 6) is -0.303. The maximum atomic E-state index is 11.5. The summed E-state index contributed by atoms with van der Waals surface area (Å²) in [4.78, 5) is 24.5. The number of amides is 1. The van der Waals surface area contributed by atoms with E-state index in [2.05, 4.69) is 6.92 Å². The van der Waals surface area contributed by atoms with Crippen LogP contribution in [0.25, 0.3) is 0 Å². The van der Waals surface area contributed by atoms with Crippen molar-refractivity contribution in [1.82, 2.24) is 4.90 Å². The number of likely N-dealkylation sites (tertiary alicyclic amines) is 1. The van der Waals surface area contributed by atoms with Gasteiger partial charge in [0.1, 0.15) is 0 Å². The van der Waals surface area contributed by atoms with Crippen LogP contribution < -0.4 is 0 Å². The summed E-state index contributed by atoms with van der Waals surface area (Å²) >= 11 is 0. The highest BCUT2D eigenvalue weighted by Gasteiger charge is 2.18. The van der Waals surface area contributed by atoms with Crippen LogP contribution in [0.2, 0.25) is 0 Å². The lowest BCUT2D eigenvalue weighted by atomic mass is 10.2. The van der Waals surface area contributed by atoms with Gasteiger partial charge in [-0.2, -0.15) is 0 Å². The van der Waals surface area contributed by atoms with Crippen LogP contribution in [0.1, 0.15) is 45.4 Å². The highest BCUT2D eigenvalue weighted by Crippen LogP contribution is 2.07. The van der Waals surface area contributed by atoms with Crippen LogP contribution in [0.15, 0.2) is 0 Å². The molecule has 1 rings (SSSR count). The number of hydrogen-bond acceptors (Lipinski definition) is 3. The van der Waals surface area contributed by atoms with Crippen LogP contribution in [-0.2, 0) is 14.3 Å². The van der Waals surface area contributed by atoms with Crippen LogP contribution >= 0.6 is 0 Å². The van der Waals surface area contributed by atoms with Crippen LogP contribution in [-0.4, -0.2) is 36.5 Å². The van der Waals surface area contributed by atoms with E-state index in [0.29, 0.717) is 6.42 Å². The summed E-state index contributed by atoms with van der Waals surface area (Å²) in [5.41, 5.74) is 0. The Hall–Kier alpha value is -1.06. The highest BCUT2D eigenvalue weighted by molar-refractivity contribution is 5.80. The lowest BCUT2D eigenvalue weighted by Crippen LogP contribution is -2.32. The van der Waals surface area contributed by atoms with Crippen molar-refractivity contribution in [1.29, 1.82) is 0 Å². The Morgan fingerprint density at radius 1 is 1.19 bits per heavy atom. The first-order chi connectivity index (χ1) is 7.74. The average Bonchev–Trinajstić information content (AvgIpc) is 2.79. The van der Waals surface area contributed by atoms with Gasteiger partial charge in [0.2, 0.25) is 0 Å². The Morgan fingerprint density at radius 3 is 2.50 bits per heavy atom. The molecular weight excluding hydrogens is 206 g/mol. The van der Waals surface area contributed by atoms with E-state index >= 15 is 0 Å². The van der Waals surface area contributed by atoms with Crippen molar-refractivity contribution in [2.24, 2.45) is 0 Å². The number of ether oxygens (including phenoxy) is 1. The van der Waals surface area contributed by atoms with Gasteiger partial charge in [0.15, 0.2) is 6.61 Å². The topological polar surface area (TPSA) is 46.6 Å². The molecule has 0 aliphatic carbocycles. The molecule has 0 aromatic heterocycles. The molecule has 0 unspecified atom stereocenters. The van der Waals surface area contributed by atoms with Gasteiger partial charge in [-0.1, -0.05) is 19.8 Å². The number of rotatable bonds is 6. The van der Waals surface area contributed by atoms with Gasteiger partial charge in [0.05, 0.1) is 0 Å². The van der Waals surface area contributed by atoms with Crippen molar-refractivity contribution in [3.8, 4) is 0 Å². The molecule has 4 heteroatoms. The number of carbonyl (C=O) groups excluding carboxylic acids is 2. The molecule has 1 heterocycles. The Balaban J connectivity index is 2.08. The van der Waals surface area contributed by atoms with Gasteiger partial charge < -0.3 is 9.64 Å². The van der Waals surface area contributed by atoms with E-state index in [9.17, 15) is 9.59 Å². The van der Waals surface area contributed by atoms with E-state index in [4.69, 9.17) is 4.74 Å². The lowest BCUT2D eigenvalue weighted by molar-refractivity contribution is -0.151. The van der Waals surface area contributed by atoms with Gasteiger partial charge in [-0.15, -0.1) is 0 Å². The first kappa shape index (κ1) is 13.0. The normalized spacial score (nSPS) is 15.2.